The Morgan fingerprint density at radius 3 is 2.65 bits per heavy atom. The molecule has 2 aromatic rings. The number of nitriles is 1. The van der Waals surface area contributed by atoms with Gasteiger partial charge in [-0.05, 0) is 30.5 Å². The summed E-state index contributed by atoms with van der Waals surface area (Å²) in [6, 6.07) is 11.6. The Hall–Kier alpha value is -2.12. The summed E-state index contributed by atoms with van der Waals surface area (Å²) in [5.41, 5.74) is 1.92. The van der Waals surface area contributed by atoms with Crippen molar-refractivity contribution >= 4 is 23.1 Å². The zero-order valence-electron chi connectivity index (χ0n) is 10.8. The lowest BCUT2D eigenvalue weighted by Crippen LogP contribution is -1.99. The molecule has 1 N–H and O–H groups in total. The molecule has 0 unspecified atom stereocenters. The highest BCUT2D eigenvalue weighted by atomic mass is 35.5. The second kappa shape index (κ2) is 5.48. The van der Waals surface area contributed by atoms with E-state index in [0.29, 0.717) is 23.3 Å². The van der Waals surface area contributed by atoms with Crippen LogP contribution in [0.2, 0.25) is 5.15 Å². The largest absolute Gasteiger partial charge is 0.340 e. The van der Waals surface area contributed by atoms with E-state index in [-0.39, 0.29) is 0 Å². The summed E-state index contributed by atoms with van der Waals surface area (Å²) in [5.74, 6) is 1.99. The van der Waals surface area contributed by atoms with Gasteiger partial charge < -0.3 is 5.32 Å². The van der Waals surface area contributed by atoms with Crippen molar-refractivity contribution in [3.8, 4) is 6.07 Å². The minimum absolute atomic E-state index is 0.422. The number of aromatic nitrogens is 2. The lowest BCUT2D eigenvalue weighted by molar-refractivity contribution is 0.931. The molecule has 0 atom stereocenters. The van der Waals surface area contributed by atoms with Gasteiger partial charge in [0.15, 0.2) is 0 Å². The van der Waals surface area contributed by atoms with Crippen LogP contribution in [0, 0.1) is 11.3 Å². The van der Waals surface area contributed by atoms with Crippen LogP contribution in [0.5, 0.6) is 0 Å². The van der Waals surface area contributed by atoms with Gasteiger partial charge in [0.05, 0.1) is 12.5 Å². The van der Waals surface area contributed by atoms with Gasteiger partial charge in [0.1, 0.15) is 16.8 Å². The molecule has 100 valence electrons. The molecule has 0 spiro atoms. The number of benzene rings is 1. The van der Waals surface area contributed by atoms with Crippen molar-refractivity contribution in [3.05, 3.63) is 46.9 Å². The highest BCUT2D eigenvalue weighted by molar-refractivity contribution is 6.29. The summed E-state index contributed by atoms with van der Waals surface area (Å²) in [7, 11) is 0. The third kappa shape index (κ3) is 3.06. The first-order chi connectivity index (χ1) is 9.74. The molecule has 3 rings (SSSR count). The fraction of sp³-hybridized carbons (Fsp3) is 0.267. The third-order valence-electron chi connectivity index (χ3n) is 3.16. The number of nitrogens with one attached hydrogen (secondary N) is 1. The molecule has 1 aromatic heterocycles. The Labute approximate surface area is 122 Å². The normalized spacial score (nSPS) is 13.8. The van der Waals surface area contributed by atoms with Crippen LogP contribution >= 0.6 is 11.6 Å². The van der Waals surface area contributed by atoms with E-state index >= 15 is 0 Å². The van der Waals surface area contributed by atoms with Gasteiger partial charge in [-0.25, -0.2) is 9.97 Å². The topological polar surface area (TPSA) is 61.6 Å². The smallest absolute Gasteiger partial charge is 0.135 e. The summed E-state index contributed by atoms with van der Waals surface area (Å²) < 4.78 is 0. The van der Waals surface area contributed by atoms with Gasteiger partial charge in [-0.15, -0.1) is 0 Å². The number of hydrogen-bond donors (Lipinski definition) is 1. The third-order valence-corrected chi connectivity index (χ3v) is 3.36. The molecular weight excluding hydrogens is 272 g/mol. The zero-order chi connectivity index (χ0) is 13.9. The Kier molecular flexibility index (Phi) is 3.53. The Morgan fingerprint density at radius 1 is 1.25 bits per heavy atom. The van der Waals surface area contributed by atoms with Crippen LogP contribution in [0.4, 0.5) is 11.5 Å². The van der Waals surface area contributed by atoms with Crippen molar-refractivity contribution in [2.24, 2.45) is 0 Å². The van der Waals surface area contributed by atoms with Crippen molar-refractivity contribution in [1.82, 2.24) is 9.97 Å². The number of hydrogen-bond acceptors (Lipinski definition) is 4. The second-order valence-electron chi connectivity index (χ2n) is 4.87. The predicted octanol–water partition coefficient (Wildman–Crippen LogP) is 3.82. The van der Waals surface area contributed by atoms with E-state index in [9.17, 15) is 0 Å². The maximum atomic E-state index is 8.65. The number of anilines is 2. The highest BCUT2D eigenvalue weighted by Gasteiger charge is 2.27. The molecule has 0 radical (unpaired) electrons. The average Bonchev–Trinajstić information content (AvgIpc) is 3.25. The molecule has 5 heteroatoms. The Morgan fingerprint density at radius 2 is 2.00 bits per heavy atom. The van der Waals surface area contributed by atoms with Crippen LogP contribution in [0.1, 0.15) is 30.1 Å². The summed E-state index contributed by atoms with van der Waals surface area (Å²) in [6.45, 7) is 0. The fourth-order valence-electron chi connectivity index (χ4n) is 1.97. The SMILES string of the molecule is N#CCc1ccc(Nc2cc(Cl)nc(C3CC3)n2)cc1. The van der Waals surface area contributed by atoms with Gasteiger partial charge in [-0.1, -0.05) is 23.7 Å². The molecule has 1 aliphatic rings. The lowest BCUT2D eigenvalue weighted by atomic mass is 10.1. The molecule has 0 amide bonds. The van der Waals surface area contributed by atoms with Crippen molar-refractivity contribution in [1.29, 1.82) is 5.26 Å². The molecule has 0 saturated heterocycles. The number of nitrogens with zero attached hydrogens (tertiary/aromatic N) is 3. The van der Waals surface area contributed by atoms with Gasteiger partial charge in [-0.3, -0.25) is 0 Å². The van der Waals surface area contributed by atoms with E-state index in [1.165, 1.54) is 0 Å². The highest BCUT2D eigenvalue weighted by Crippen LogP contribution is 2.38. The quantitative estimate of drug-likeness (QED) is 0.867. The van der Waals surface area contributed by atoms with Gasteiger partial charge in [0, 0.05) is 17.7 Å². The lowest BCUT2D eigenvalue weighted by Gasteiger charge is -2.08. The molecule has 1 heterocycles. The van der Waals surface area contributed by atoms with Crippen molar-refractivity contribution in [3.63, 3.8) is 0 Å². The summed E-state index contributed by atoms with van der Waals surface area (Å²) >= 11 is 6.03. The standard InChI is InChI=1S/C15H13ClN4/c16-13-9-14(20-15(19-13)11-3-4-11)18-12-5-1-10(2-6-12)7-8-17/h1-2,5-6,9,11H,3-4,7H2,(H,18,19,20). The maximum absolute atomic E-state index is 8.65. The van der Waals surface area contributed by atoms with Crippen LogP contribution in [-0.4, -0.2) is 9.97 Å². The van der Waals surface area contributed by atoms with E-state index in [2.05, 4.69) is 21.4 Å². The maximum Gasteiger partial charge on any atom is 0.135 e. The molecular formula is C15H13ClN4. The first-order valence-electron chi connectivity index (χ1n) is 6.52. The molecule has 0 aliphatic heterocycles. The monoisotopic (exact) mass is 284 g/mol. The van der Waals surface area contributed by atoms with E-state index in [1.54, 1.807) is 6.07 Å². The van der Waals surface area contributed by atoms with Gasteiger partial charge >= 0.3 is 0 Å². The van der Waals surface area contributed by atoms with E-state index in [4.69, 9.17) is 16.9 Å². The van der Waals surface area contributed by atoms with Crippen LogP contribution < -0.4 is 5.32 Å². The van der Waals surface area contributed by atoms with Crippen LogP contribution in [0.15, 0.2) is 30.3 Å². The van der Waals surface area contributed by atoms with E-state index < -0.39 is 0 Å². The summed E-state index contributed by atoms with van der Waals surface area (Å²) in [6.07, 6.45) is 2.71. The van der Waals surface area contributed by atoms with Crippen molar-refractivity contribution in [2.75, 3.05) is 5.32 Å². The van der Waals surface area contributed by atoms with Crippen LogP contribution in [0.3, 0.4) is 0 Å². The van der Waals surface area contributed by atoms with Crippen molar-refractivity contribution < 1.29 is 0 Å². The Balaban J connectivity index is 1.78. The minimum Gasteiger partial charge on any atom is -0.340 e. The fourth-order valence-corrected chi connectivity index (χ4v) is 2.16. The summed E-state index contributed by atoms with van der Waals surface area (Å²) in [4.78, 5) is 8.74. The summed E-state index contributed by atoms with van der Waals surface area (Å²) in [5, 5.41) is 12.3. The van der Waals surface area contributed by atoms with Gasteiger partial charge in [-0.2, -0.15) is 5.26 Å². The van der Waals surface area contributed by atoms with E-state index in [1.807, 2.05) is 24.3 Å². The predicted molar refractivity (Wildman–Crippen MR) is 78.1 cm³/mol. The molecule has 1 aromatic carbocycles. The zero-order valence-corrected chi connectivity index (χ0v) is 11.6. The van der Waals surface area contributed by atoms with E-state index in [0.717, 1.165) is 29.9 Å². The van der Waals surface area contributed by atoms with Crippen LogP contribution in [-0.2, 0) is 6.42 Å². The molecule has 20 heavy (non-hydrogen) atoms. The molecule has 4 nitrogen and oxygen atoms in total. The average molecular weight is 285 g/mol. The van der Waals surface area contributed by atoms with Crippen LogP contribution in [0.25, 0.3) is 0 Å². The number of rotatable bonds is 4. The number of halogens is 1. The first kappa shape index (κ1) is 12.9. The molecule has 0 bridgehead atoms. The Bertz CT molecular complexity index is 657. The first-order valence-corrected chi connectivity index (χ1v) is 6.90. The van der Waals surface area contributed by atoms with Crippen molar-refractivity contribution in [2.45, 2.75) is 25.2 Å². The van der Waals surface area contributed by atoms with Gasteiger partial charge in [0.2, 0.25) is 0 Å². The molecule has 1 saturated carbocycles. The van der Waals surface area contributed by atoms with Gasteiger partial charge in [0.25, 0.3) is 0 Å². The molecule has 1 fully saturated rings. The molecule has 1 aliphatic carbocycles. The minimum atomic E-state index is 0.422. The second-order valence-corrected chi connectivity index (χ2v) is 5.25.